The van der Waals surface area contributed by atoms with E-state index < -0.39 is 0 Å². The molecule has 2 atom stereocenters. The van der Waals surface area contributed by atoms with E-state index in [4.69, 9.17) is 15.6 Å². The molecule has 0 unspecified atom stereocenters. The number of aromatic nitrogens is 4. The van der Waals surface area contributed by atoms with Crippen LogP contribution in [0.1, 0.15) is 24.5 Å². The molecule has 1 saturated heterocycles. The largest absolute Gasteiger partial charge is 0.394 e. The molecule has 3 N–H and O–H groups in total. The number of aliphatic hydroxyl groups excluding tert-OH is 1. The molecule has 2 aromatic rings. The van der Waals surface area contributed by atoms with Gasteiger partial charge in [-0.25, -0.2) is 9.97 Å². The van der Waals surface area contributed by atoms with Crippen molar-refractivity contribution in [2.75, 3.05) is 12.3 Å². The average Bonchev–Trinajstić information content (AvgIpc) is 2.94. The second kappa shape index (κ2) is 3.94. The highest BCUT2D eigenvalue weighted by atomic mass is 16.5. The van der Waals surface area contributed by atoms with E-state index in [-0.39, 0.29) is 18.8 Å². The van der Waals surface area contributed by atoms with Crippen LogP contribution in [-0.2, 0) is 4.74 Å². The Morgan fingerprint density at radius 2 is 2.35 bits per heavy atom. The number of aliphatic hydroxyl groups is 1. The Hall–Kier alpha value is -1.73. The van der Waals surface area contributed by atoms with Crippen molar-refractivity contribution in [3.63, 3.8) is 0 Å². The number of nitrogens with zero attached hydrogens (tertiary/aromatic N) is 4. The number of nitrogen functional groups attached to an aromatic ring is 1. The molecule has 7 heteroatoms. The molecule has 2 aromatic heterocycles. The van der Waals surface area contributed by atoms with E-state index in [1.54, 1.807) is 6.20 Å². The first-order valence-electron chi connectivity index (χ1n) is 5.50. The van der Waals surface area contributed by atoms with Crippen molar-refractivity contribution in [1.82, 2.24) is 19.6 Å². The van der Waals surface area contributed by atoms with Crippen LogP contribution in [0.2, 0.25) is 0 Å². The Balaban J connectivity index is 1.99. The van der Waals surface area contributed by atoms with Crippen LogP contribution < -0.4 is 5.73 Å². The first-order valence-corrected chi connectivity index (χ1v) is 5.50. The second-order valence-corrected chi connectivity index (χ2v) is 4.07. The van der Waals surface area contributed by atoms with Crippen LogP contribution in [0.5, 0.6) is 0 Å². The van der Waals surface area contributed by atoms with Gasteiger partial charge in [-0.3, -0.25) is 0 Å². The van der Waals surface area contributed by atoms with Crippen molar-refractivity contribution in [3.05, 3.63) is 18.1 Å². The van der Waals surface area contributed by atoms with E-state index in [0.717, 1.165) is 18.4 Å². The molecular weight excluding hydrogens is 222 g/mol. The van der Waals surface area contributed by atoms with Crippen molar-refractivity contribution in [1.29, 1.82) is 0 Å². The van der Waals surface area contributed by atoms with Crippen LogP contribution in [-0.4, -0.2) is 37.4 Å². The fourth-order valence-electron chi connectivity index (χ4n) is 2.14. The van der Waals surface area contributed by atoms with Gasteiger partial charge in [0.1, 0.15) is 6.33 Å². The lowest BCUT2D eigenvalue weighted by atomic mass is 10.1. The Morgan fingerprint density at radius 3 is 3.12 bits per heavy atom. The Kier molecular flexibility index (Phi) is 2.41. The molecule has 1 fully saturated rings. The lowest BCUT2D eigenvalue weighted by Crippen LogP contribution is -2.11. The molecule has 7 nitrogen and oxygen atoms in total. The van der Waals surface area contributed by atoms with Gasteiger partial charge in [0, 0.05) is 5.56 Å². The van der Waals surface area contributed by atoms with E-state index in [2.05, 4.69) is 15.1 Å². The van der Waals surface area contributed by atoms with E-state index in [0.29, 0.717) is 11.6 Å². The number of nitrogens with two attached hydrogens (primary N) is 1. The molecule has 0 radical (unpaired) electrons. The molecule has 0 spiro atoms. The maximum absolute atomic E-state index is 9.05. The van der Waals surface area contributed by atoms with Gasteiger partial charge < -0.3 is 15.6 Å². The van der Waals surface area contributed by atoms with Crippen molar-refractivity contribution in [2.24, 2.45) is 0 Å². The average molecular weight is 235 g/mol. The summed E-state index contributed by atoms with van der Waals surface area (Å²) in [4.78, 5) is 8.03. The number of hydrogen-bond acceptors (Lipinski definition) is 6. The summed E-state index contributed by atoms with van der Waals surface area (Å²) in [5.41, 5.74) is 7.26. The predicted octanol–water partition coefficient (Wildman–Crippen LogP) is -0.0811. The third-order valence-electron chi connectivity index (χ3n) is 3.02. The van der Waals surface area contributed by atoms with Gasteiger partial charge in [0.2, 0.25) is 5.95 Å². The van der Waals surface area contributed by atoms with Crippen LogP contribution in [0.15, 0.2) is 12.5 Å². The molecule has 0 bridgehead atoms. The summed E-state index contributed by atoms with van der Waals surface area (Å²) in [7, 11) is 0. The molecule has 1 aliphatic rings. The highest BCUT2D eigenvalue weighted by Crippen LogP contribution is 2.34. The monoisotopic (exact) mass is 235 g/mol. The standard InChI is InChI=1S/C10H13N5O2/c11-10-13-5-12-9-7(3-14-15(9)10)8-2-1-6(4-16)17-8/h3,5-6,8,16H,1-2,4H2,(H2,11,12,13)/t6-,8+/m1/s1. The Labute approximate surface area is 97.2 Å². The van der Waals surface area contributed by atoms with Gasteiger partial charge in [0.25, 0.3) is 0 Å². The van der Waals surface area contributed by atoms with Crippen molar-refractivity contribution in [2.45, 2.75) is 25.0 Å². The van der Waals surface area contributed by atoms with Crippen LogP contribution in [0.4, 0.5) is 5.95 Å². The lowest BCUT2D eigenvalue weighted by Gasteiger charge is -2.10. The quantitative estimate of drug-likeness (QED) is 0.755. The minimum atomic E-state index is -0.0888. The molecule has 0 amide bonds. The first kappa shape index (κ1) is 10.4. The molecule has 3 heterocycles. The minimum absolute atomic E-state index is 0.0484. The van der Waals surface area contributed by atoms with Crippen LogP contribution >= 0.6 is 0 Å². The summed E-state index contributed by atoms with van der Waals surface area (Å²) in [5, 5.41) is 13.2. The van der Waals surface area contributed by atoms with Crippen LogP contribution in [0.3, 0.4) is 0 Å². The van der Waals surface area contributed by atoms with Gasteiger partial charge in [-0.2, -0.15) is 9.61 Å². The first-order chi connectivity index (χ1) is 8.29. The van der Waals surface area contributed by atoms with Crippen molar-refractivity contribution in [3.8, 4) is 0 Å². The summed E-state index contributed by atoms with van der Waals surface area (Å²) in [6, 6.07) is 0. The maximum Gasteiger partial charge on any atom is 0.224 e. The molecule has 1 aliphatic heterocycles. The minimum Gasteiger partial charge on any atom is -0.394 e. The molecule has 0 saturated carbocycles. The van der Waals surface area contributed by atoms with Gasteiger partial charge in [0.15, 0.2) is 5.65 Å². The SMILES string of the molecule is Nc1ncnc2c([C@@H]3CC[C@H](CO)O3)cnn12. The molecule has 3 rings (SSSR count). The third-order valence-corrected chi connectivity index (χ3v) is 3.02. The summed E-state index contributed by atoms with van der Waals surface area (Å²) < 4.78 is 7.19. The zero-order valence-corrected chi connectivity index (χ0v) is 9.15. The van der Waals surface area contributed by atoms with Gasteiger partial charge in [-0.1, -0.05) is 0 Å². The number of anilines is 1. The third kappa shape index (κ3) is 1.63. The molecule has 0 aliphatic carbocycles. The lowest BCUT2D eigenvalue weighted by molar-refractivity contribution is 0.0115. The highest BCUT2D eigenvalue weighted by Gasteiger charge is 2.28. The summed E-state index contributed by atoms with van der Waals surface area (Å²) in [6.45, 7) is 0.0484. The van der Waals surface area contributed by atoms with Gasteiger partial charge >= 0.3 is 0 Å². The summed E-state index contributed by atoms with van der Waals surface area (Å²) >= 11 is 0. The zero-order chi connectivity index (χ0) is 11.8. The summed E-state index contributed by atoms with van der Waals surface area (Å²) in [5.74, 6) is 0.304. The van der Waals surface area contributed by atoms with Crippen molar-refractivity contribution < 1.29 is 9.84 Å². The summed E-state index contributed by atoms with van der Waals surface area (Å²) in [6.07, 6.45) is 4.65. The molecule has 90 valence electrons. The fourth-order valence-corrected chi connectivity index (χ4v) is 2.14. The molecular formula is C10H13N5O2. The normalized spacial score (nSPS) is 24.5. The van der Waals surface area contributed by atoms with Crippen LogP contribution in [0, 0.1) is 0 Å². The fraction of sp³-hybridized carbons (Fsp3) is 0.500. The number of hydrogen-bond donors (Lipinski definition) is 2. The highest BCUT2D eigenvalue weighted by molar-refractivity contribution is 5.50. The molecule has 17 heavy (non-hydrogen) atoms. The van der Waals surface area contributed by atoms with Gasteiger partial charge in [-0.15, -0.1) is 0 Å². The number of rotatable bonds is 2. The Morgan fingerprint density at radius 1 is 1.47 bits per heavy atom. The van der Waals surface area contributed by atoms with E-state index in [1.165, 1.54) is 10.8 Å². The Bertz CT molecular complexity index is 540. The number of fused-ring (bicyclic) bond motifs is 1. The number of ether oxygens (including phenoxy) is 1. The molecule has 0 aromatic carbocycles. The van der Waals surface area contributed by atoms with Crippen LogP contribution in [0.25, 0.3) is 5.65 Å². The van der Waals surface area contributed by atoms with E-state index >= 15 is 0 Å². The van der Waals surface area contributed by atoms with Gasteiger partial charge in [0.05, 0.1) is 25.0 Å². The topological polar surface area (TPSA) is 98.6 Å². The van der Waals surface area contributed by atoms with E-state index in [9.17, 15) is 0 Å². The zero-order valence-electron chi connectivity index (χ0n) is 9.15. The predicted molar refractivity (Wildman–Crippen MR) is 59.1 cm³/mol. The second-order valence-electron chi connectivity index (χ2n) is 4.07. The van der Waals surface area contributed by atoms with Crippen molar-refractivity contribution >= 4 is 11.6 Å². The smallest absolute Gasteiger partial charge is 0.224 e. The maximum atomic E-state index is 9.05. The van der Waals surface area contributed by atoms with Gasteiger partial charge in [-0.05, 0) is 12.8 Å². The van der Waals surface area contributed by atoms with E-state index in [1.807, 2.05) is 0 Å².